The van der Waals surface area contributed by atoms with Gasteiger partial charge in [-0.25, -0.2) is 19.3 Å². The number of nitrogens with one attached hydrogen (secondary N) is 2. The number of H-pyrrole nitrogens is 1. The minimum absolute atomic E-state index is 0.000290. The number of carboxylic acids is 1. The van der Waals surface area contributed by atoms with E-state index in [-0.39, 0.29) is 11.7 Å². The van der Waals surface area contributed by atoms with Gasteiger partial charge in [0.25, 0.3) is 0 Å². The molecule has 1 saturated carbocycles. The summed E-state index contributed by atoms with van der Waals surface area (Å²) in [6.45, 7) is 1.91. The van der Waals surface area contributed by atoms with Crippen LogP contribution in [0.4, 0.5) is 10.2 Å². The third-order valence-corrected chi connectivity index (χ3v) is 5.52. The molecule has 9 heteroatoms. The standard InChI is InChI=1S/C19H19ClFN5O2/c1-9-3-2-4-14(15(9)19(27)28)25-18-13(21)8-24-17(26-18)12-7-23-16-11(12)5-10(20)6-22-16/h5-9,14-15H,2-4H2,1H3,(H,22,23)(H,27,28)(H,24,25,26)/t9?,14-,15-/m0/s1. The molecule has 3 heterocycles. The summed E-state index contributed by atoms with van der Waals surface area (Å²) in [6.07, 6.45) is 6.67. The van der Waals surface area contributed by atoms with Gasteiger partial charge in [0, 0.05) is 29.4 Å². The molecule has 3 N–H and O–H groups in total. The van der Waals surface area contributed by atoms with Crippen LogP contribution in [0.1, 0.15) is 26.2 Å². The molecule has 3 aromatic rings. The molecule has 0 bridgehead atoms. The zero-order valence-electron chi connectivity index (χ0n) is 15.1. The summed E-state index contributed by atoms with van der Waals surface area (Å²) in [5, 5.41) is 13.8. The second-order valence-electron chi connectivity index (χ2n) is 7.17. The van der Waals surface area contributed by atoms with E-state index in [0.29, 0.717) is 28.5 Å². The molecule has 7 nitrogen and oxygen atoms in total. The normalized spacial score (nSPS) is 22.3. The van der Waals surface area contributed by atoms with Gasteiger partial charge < -0.3 is 15.4 Å². The van der Waals surface area contributed by atoms with Crippen molar-refractivity contribution >= 4 is 34.4 Å². The molecule has 1 aliphatic rings. The lowest BCUT2D eigenvalue weighted by molar-refractivity contribution is -0.145. The number of hydrogen-bond acceptors (Lipinski definition) is 5. The van der Waals surface area contributed by atoms with Gasteiger partial charge in [-0.1, -0.05) is 24.9 Å². The van der Waals surface area contributed by atoms with Crippen molar-refractivity contribution in [3.8, 4) is 11.4 Å². The van der Waals surface area contributed by atoms with Crippen LogP contribution in [0, 0.1) is 17.7 Å². The summed E-state index contributed by atoms with van der Waals surface area (Å²) in [5.74, 6) is -1.79. The highest BCUT2D eigenvalue weighted by molar-refractivity contribution is 6.31. The number of rotatable bonds is 4. The fourth-order valence-electron chi connectivity index (χ4n) is 3.93. The van der Waals surface area contributed by atoms with E-state index in [2.05, 4.69) is 25.3 Å². The van der Waals surface area contributed by atoms with Gasteiger partial charge >= 0.3 is 5.97 Å². The summed E-state index contributed by atoms with van der Waals surface area (Å²) in [4.78, 5) is 27.3. The van der Waals surface area contributed by atoms with E-state index in [9.17, 15) is 14.3 Å². The number of aromatic amines is 1. The van der Waals surface area contributed by atoms with Crippen LogP contribution >= 0.6 is 11.6 Å². The lowest BCUT2D eigenvalue weighted by atomic mass is 9.77. The highest BCUT2D eigenvalue weighted by atomic mass is 35.5. The van der Waals surface area contributed by atoms with Crippen LogP contribution in [0.5, 0.6) is 0 Å². The molecule has 146 valence electrons. The van der Waals surface area contributed by atoms with Gasteiger partial charge in [0.1, 0.15) is 5.65 Å². The lowest BCUT2D eigenvalue weighted by Gasteiger charge is -2.34. The maximum absolute atomic E-state index is 14.4. The Morgan fingerprint density at radius 2 is 2.18 bits per heavy atom. The molecule has 1 aliphatic carbocycles. The van der Waals surface area contributed by atoms with Crippen molar-refractivity contribution in [1.29, 1.82) is 0 Å². The fraction of sp³-hybridized carbons (Fsp3) is 0.368. The third-order valence-electron chi connectivity index (χ3n) is 5.31. The second kappa shape index (κ2) is 7.35. The Hall–Kier alpha value is -2.74. The van der Waals surface area contributed by atoms with Gasteiger partial charge in [-0.05, 0) is 24.8 Å². The van der Waals surface area contributed by atoms with Gasteiger partial charge in [-0.3, -0.25) is 4.79 Å². The topological polar surface area (TPSA) is 104 Å². The van der Waals surface area contributed by atoms with E-state index in [1.807, 2.05) is 6.92 Å². The number of anilines is 1. The molecular weight excluding hydrogens is 385 g/mol. The molecule has 1 fully saturated rings. The van der Waals surface area contributed by atoms with Crippen molar-refractivity contribution < 1.29 is 14.3 Å². The lowest BCUT2D eigenvalue weighted by Crippen LogP contribution is -2.42. The Labute approximate surface area is 165 Å². The molecule has 0 radical (unpaired) electrons. The number of aromatic nitrogens is 4. The maximum atomic E-state index is 14.4. The van der Waals surface area contributed by atoms with Crippen LogP contribution in [0.15, 0.2) is 24.7 Å². The highest BCUT2D eigenvalue weighted by Gasteiger charge is 2.36. The van der Waals surface area contributed by atoms with E-state index in [4.69, 9.17) is 11.6 Å². The quantitative estimate of drug-likeness (QED) is 0.605. The Morgan fingerprint density at radius 1 is 1.36 bits per heavy atom. The van der Waals surface area contributed by atoms with Crippen LogP contribution in [0.25, 0.3) is 22.4 Å². The van der Waals surface area contributed by atoms with Gasteiger partial charge in [0.2, 0.25) is 0 Å². The number of carboxylic acid groups (broad SMARTS) is 1. The predicted octanol–water partition coefficient (Wildman–Crippen LogP) is 4.11. The smallest absolute Gasteiger partial charge is 0.308 e. The van der Waals surface area contributed by atoms with Crippen LogP contribution in [0.2, 0.25) is 5.02 Å². The number of fused-ring (bicyclic) bond motifs is 1. The number of hydrogen-bond donors (Lipinski definition) is 3. The first-order valence-electron chi connectivity index (χ1n) is 9.09. The minimum atomic E-state index is -0.878. The first-order chi connectivity index (χ1) is 13.4. The van der Waals surface area contributed by atoms with Gasteiger partial charge in [-0.2, -0.15) is 0 Å². The van der Waals surface area contributed by atoms with Crippen LogP contribution in [-0.4, -0.2) is 37.1 Å². The zero-order valence-corrected chi connectivity index (χ0v) is 15.9. The monoisotopic (exact) mass is 403 g/mol. The van der Waals surface area contributed by atoms with E-state index < -0.39 is 23.7 Å². The largest absolute Gasteiger partial charge is 0.481 e. The number of pyridine rings is 1. The molecule has 3 aromatic heterocycles. The fourth-order valence-corrected chi connectivity index (χ4v) is 4.09. The minimum Gasteiger partial charge on any atom is -0.481 e. The third kappa shape index (κ3) is 3.40. The SMILES string of the molecule is CC1CCC[C@H](Nc2nc(-c3c[nH]c4ncc(Cl)cc34)ncc2F)[C@H]1C(=O)O. The average molecular weight is 404 g/mol. The maximum Gasteiger partial charge on any atom is 0.308 e. The zero-order chi connectivity index (χ0) is 19.8. The van der Waals surface area contributed by atoms with Crippen molar-refractivity contribution in [2.24, 2.45) is 11.8 Å². The van der Waals surface area contributed by atoms with Crippen molar-refractivity contribution in [2.75, 3.05) is 5.32 Å². The molecule has 4 rings (SSSR count). The van der Waals surface area contributed by atoms with E-state index in [1.165, 1.54) is 6.20 Å². The van der Waals surface area contributed by atoms with Crippen LogP contribution < -0.4 is 5.32 Å². The molecule has 28 heavy (non-hydrogen) atoms. The van der Waals surface area contributed by atoms with Crippen molar-refractivity contribution in [3.05, 3.63) is 35.5 Å². The van der Waals surface area contributed by atoms with Gasteiger partial charge in [0.15, 0.2) is 17.5 Å². The molecular formula is C19H19ClFN5O2. The van der Waals surface area contributed by atoms with Crippen molar-refractivity contribution in [1.82, 2.24) is 19.9 Å². The molecule has 0 spiro atoms. The van der Waals surface area contributed by atoms with Crippen molar-refractivity contribution in [2.45, 2.75) is 32.2 Å². The van der Waals surface area contributed by atoms with E-state index in [0.717, 1.165) is 24.4 Å². The van der Waals surface area contributed by atoms with Crippen LogP contribution in [-0.2, 0) is 4.79 Å². The highest BCUT2D eigenvalue weighted by Crippen LogP contribution is 2.33. The summed E-state index contributed by atoms with van der Waals surface area (Å²) >= 11 is 6.03. The molecule has 1 unspecified atom stereocenters. The number of aliphatic carboxylic acids is 1. The Kier molecular flexibility index (Phi) is 4.89. The number of halogens is 2. The first-order valence-corrected chi connectivity index (χ1v) is 9.46. The average Bonchev–Trinajstić information content (AvgIpc) is 3.06. The van der Waals surface area contributed by atoms with Gasteiger partial charge in [-0.15, -0.1) is 0 Å². The molecule has 0 aliphatic heterocycles. The summed E-state index contributed by atoms with van der Waals surface area (Å²) in [5.41, 5.74) is 1.26. The second-order valence-corrected chi connectivity index (χ2v) is 7.60. The molecule has 0 aromatic carbocycles. The van der Waals surface area contributed by atoms with E-state index in [1.54, 1.807) is 12.3 Å². The number of carbonyl (C=O) groups is 1. The predicted molar refractivity (Wildman–Crippen MR) is 104 cm³/mol. The Morgan fingerprint density at radius 3 is 2.96 bits per heavy atom. The molecule has 0 amide bonds. The number of nitrogens with zero attached hydrogens (tertiary/aromatic N) is 3. The van der Waals surface area contributed by atoms with E-state index >= 15 is 0 Å². The Balaban J connectivity index is 1.69. The molecule has 0 saturated heterocycles. The summed E-state index contributed by atoms with van der Waals surface area (Å²) in [6, 6.07) is 1.34. The van der Waals surface area contributed by atoms with Crippen molar-refractivity contribution in [3.63, 3.8) is 0 Å². The first kappa shape index (κ1) is 18.6. The molecule has 3 atom stereocenters. The Bertz CT molecular complexity index is 1040. The summed E-state index contributed by atoms with van der Waals surface area (Å²) < 4.78 is 14.4. The van der Waals surface area contributed by atoms with Crippen LogP contribution in [0.3, 0.4) is 0 Å². The summed E-state index contributed by atoms with van der Waals surface area (Å²) in [7, 11) is 0. The van der Waals surface area contributed by atoms with Gasteiger partial charge in [0.05, 0.1) is 17.1 Å².